The van der Waals surface area contributed by atoms with Gasteiger partial charge in [0.05, 0.1) is 10.2 Å². The molecular weight excluding hydrogens is 459 g/mol. The fourth-order valence-electron chi connectivity index (χ4n) is 4.66. The zero-order valence-electron chi connectivity index (χ0n) is 17.7. The van der Waals surface area contributed by atoms with Gasteiger partial charge in [-0.3, -0.25) is 4.79 Å². The molecule has 1 atom stereocenters. The minimum Gasteiger partial charge on any atom is -0.335 e. The van der Waals surface area contributed by atoms with Gasteiger partial charge in [0.1, 0.15) is 11.5 Å². The number of benzene rings is 1. The lowest BCUT2D eigenvalue weighted by Gasteiger charge is -2.29. The maximum absolute atomic E-state index is 14.7. The van der Waals surface area contributed by atoms with E-state index in [1.165, 1.54) is 6.42 Å². The van der Waals surface area contributed by atoms with E-state index in [0.29, 0.717) is 33.0 Å². The molecule has 3 aromatic rings. The lowest BCUT2D eigenvalue weighted by atomic mass is 9.82. The summed E-state index contributed by atoms with van der Waals surface area (Å²) in [6.45, 7) is 2.90. The molecule has 1 amide bonds. The Morgan fingerprint density at radius 3 is 2.74 bits per heavy atom. The standard InChI is InChI=1S/C24H26BrFN4O/c1-15-7-3-2-4-12-29(15)24(31)20-13-21(16-8-5-9-16)30-22(27-20)14-19(28-30)17-10-6-11-18(25)23(17)26/h6,10-11,13-16H,2-5,7-9,12H2,1H3/t15-/m1/s1. The van der Waals surface area contributed by atoms with Crippen LogP contribution in [0.5, 0.6) is 0 Å². The van der Waals surface area contributed by atoms with Crippen molar-refractivity contribution in [1.82, 2.24) is 19.5 Å². The second kappa shape index (κ2) is 8.34. The average molecular weight is 485 g/mol. The van der Waals surface area contributed by atoms with E-state index in [2.05, 4.69) is 22.9 Å². The van der Waals surface area contributed by atoms with Gasteiger partial charge in [0, 0.05) is 35.8 Å². The molecule has 0 spiro atoms. The zero-order chi connectivity index (χ0) is 21.5. The predicted octanol–water partition coefficient (Wildman–Crippen LogP) is 5.97. The second-order valence-electron chi connectivity index (χ2n) is 8.79. The first-order valence-corrected chi connectivity index (χ1v) is 12.0. The SMILES string of the molecule is C[C@@H]1CCCCCN1C(=O)c1cc(C2CCC2)n2nc(-c3cccc(Br)c3F)cc2n1. The van der Waals surface area contributed by atoms with Crippen molar-refractivity contribution >= 4 is 27.5 Å². The first-order chi connectivity index (χ1) is 15.0. The van der Waals surface area contributed by atoms with E-state index in [9.17, 15) is 9.18 Å². The number of hydrogen-bond donors (Lipinski definition) is 0. The Morgan fingerprint density at radius 1 is 1.13 bits per heavy atom. The summed E-state index contributed by atoms with van der Waals surface area (Å²) in [4.78, 5) is 20.1. The van der Waals surface area contributed by atoms with Crippen LogP contribution >= 0.6 is 15.9 Å². The van der Waals surface area contributed by atoms with Crippen LogP contribution in [-0.2, 0) is 0 Å². The summed E-state index contributed by atoms with van der Waals surface area (Å²) >= 11 is 3.26. The third kappa shape index (κ3) is 3.77. The smallest absolute Gasteiger partial charge is 0.272 e. The van der Waals surface area contributed by atoms with Gasteiger partial charge in [-0.2, -0.15) is 5.10 Å². The summed E-state index contributed by atoms with van der Waals surface area (Å²) in [6.07, 6.45) is 7.72. The maximum Gasteiger partial charge on any atom is 0.272 e. The van der Waals surface area contributed by atoms with Crippen LogP contribution in [0.25, 0.3) is 16.9 Å². The Labute approximate surface area is 189 Å². The Kier molecular flexibility index (Phi) is 5.54. The Balaban J connectivity index is 1.60. The highest BCUT2D eigenvalue weighted by Crippen LogP contribution is 2.37. The molecule has 1 aliphatic carbocycles. The first-order valence-electron chi connectivity index (χ1n) is 11.2. The lowest BCUT2D eigenvalue weighted by Crippen LogP contribution is -2.38. The van der Waals surface area contributed by atoms with Crippen LogP contribution < -0.4 is 0 Å². The molecule has 7 heteroatoms. The highest BCUT2D eigenvalue weighted by molar-refractivity contribution is 9.10. The monoisotopic (exact) mass is 484 g/mol. The predicted molar refractivity (Wildman–Crippen MR) is 122 cm³/mol. The fraction of sp³-hybridized carbons (Fsp3) is 0.458. The summed E-state index contributed by atoms with van der Waals surface area (Å²) in [5.74, 6) is 0.0124. The van der Waals surface area contributed by atoms with Crippen LogP contribution in [0.4, 0.5) is 4.39 Å². The van der Waals surface area contributed by atoms with E-state index in [0.717, 1.165) is 50.8 Å². The molecular formula is C24H26BrFN4O. The second-order valence-corrected chi connectivity index (χ2v) is 9.65. The van der Waals surface area contributed by atoms with E-state index in [-0.39, 0.29) is 17.8 Å². The topological polar surface area (TPSA) is 50.5 Å². The molecule has 162 valence electrons. The van der Waals surface area contributed by atoms with Gasteiger partial charge in [-0.1, -0.05) is 25.3 Å². The first kappa shape index (κ1) is 20.6. The maximum atomic E-state index is 14.7. The fourth-order valence-corrected chi connectivity index (χ4v) is 5.03. The van der Waals surface area contributed by atoms with E-state index in [1.54, 1.807) is 24.3 Å². The molecule has 2 aliphatic rings. The molecule has 0 unspecified atom stereocenters. The molecule has 0 radical (unpaired) electrons. The van der Waals surface area contributed by atoms with Crippen molar-refractivity contribution in [3.63, 3.8) is 0 Å². The Hall–Kier alpha value is -2.28. The van der Waals surface area contributed by atoms with E-state index < -0.39 is 0 Å². The molecule has 2 aromatic heterocycles. The molecule has 1 saturated carbocycles. The van der Waals surface area contributed by atoms with Gasteiger partial charge >= 0.3 is 0 Å². The van der Waals surface area contributed by atoms with Crippen LogP contribution in [0.15, 0.2) is 34.8 Å². The Bertz CT molecular complexity index is 1140. The van der Waals surface area contributed by atoms with E-state index in [1.807, 2.05) is 15.5 Å². The third-order valence-electron chi connectivity index (χ3n) is 6.74. The van der Waals surface area contributed by atoms with Crippen molar-refractivity contribution in [2.45, 2.75) is 63.8 Å². The number of rotatable bonds is 3. The number of hydrogen-bond acceptors (Lipinski definition) is 3. The summed E-state index contributed by atoms with van der Waals surface area (Å²) in [7, 11) is 0. The van der Waals surface area contributed by atoms with Gasteiger partial charge in [-0.25, -0.2) is 13.9 Å². The minimum atomic E-state index is -0.342. The minimum absolute atomic E-state index is 0.00569. The van der Waals surface area contributed by atoms with Gasteiger partial charge in [-0.15, -0.1) is 0 Å². The van der Waals surface area contributed by atoms with Gasteiger partial charge in [0.2, 0.25) is 0 Å². The van der Waals surface area contributed by atoms with Gasteiger partial charge in [0.25, 0.3) is 5.91 Å². The number of carbonyl (C=O) groups excluding carboxylic acids is 1. The molecule has 0 N–H and O–H groups in total. The average Bonchev–Trinajstić information content (AvgIpc) is 3.03. The number of amides is 1. The van der Waals surface area contributed by atoms with Crippen molar-refractivity contribution < 1.29 is 9.18 Å². The van der Waals surface area contributed by atoms with Crippen LogP contribution in [0.2, 0.25) is 0 Å². The molecule has 1 aromatic carbocycles. The van der Waals surface area contributed by atoms with Crippen LogP contribution in [0.1, 0.15) is 74.0 Å². The zero-order valence-corrected chi connectivity index (χ0v) is 19.2. The van der Waals surface area contributed by atoms with Crippen molar-refractivity contribution in [1.29, 1.82) is 0 Å². The number of nitrogens with zero attached hydrogens (tertiary/aromatic N) is 4. The summed E-state index contributed by atoms with van der Waals surface area (Å²) < 4.78 is 16.9. The van der Waals surface area contributed by atoms with Gasteiger partial charge in [-0.05, 0) is 66.7 Å². The number of halogens is 2. The molecule has 3 heterocycles. The summed E-state index contributed by atoms with van der Waals surface area (Å²) in [5.41, 5.74) is 3.03. The quantitative estimate of drug-likeness (QED) is 0.459. The third-order valence-corrected chi connectivity index (χ3v) is 7.35. The Morgan fingerprint density at radius 2 is 1.97 bits per heavy atom. The highest BCUT2D eigenvalue weighted by Gasteiger charge is 2.29. The van der Waals surface area contributed by atoms with Gasteiger partial charge in [0.15, 0.2) is 5.65 Å². The molecule has 5 rings (SSSR count). The van der Waals surface area contributed by atoms with Crippen molar-refractivity contribution in [2.75, 3.05) is 6.54 Å². The van der Waals surface area contributed by atoms with Crippen LogP contribution in [0.3, 0.4) is 0 Å². The summed E-state index contributed by atoms with van der Waals surface area (Å²) in [5, 5.41) is 4.70. The number of aromatic nitrogens is 3. The normalized spacial score (nSPS) is 20.0. The van der Waals surface area contributed by atoms with Crippen molar-refractivity contribution in [2.24, 2.45) is 0 Å². The largest absolute Gasteiger partial charge is 0.335 e. The number of likely N-dealkylation sites (tertiary alicyclic amines) is 1. The van der Waals surface area contributed by atoms with Crippen LogP contribution in [-0.4, -0.2) is 38.0 Å². The van der Waals surface area contributed by atoms with Crippen molar-refractivity contribution in [3.8, 4) is 11.3 Å². The van der Waals surface area contributed by atoms with Crippen LogP contribution in [0, 0.1) is 5.82 Å². The van der Waals surface area contributed by atoms with E-state index in [4.69, 9.17) is 10.1 Å². The van der Waals surface area contributed by atoms with Crippen molar-refractivity contribution in [3.05, 3.63) is 52.0 Å². The van der Waals surface area contributed by atoms with Gasteiger partial charge < -0.3 is 4.90 Å². The molecule has 2 fully saturated rings. The molecule has 1 aliphatic heterocycles. The highest BCUT2D eigenvalue weighted by atomic mass is 79.9. The molecule has 5 nitrogen and oxygen atoms in total. The molecule has 1 saturated heterocycles. The summed E-state index contributed by atoms with van der Waals surface area (Å²) in [6, 6.07) is 9.11. The molecule has 0 bridgehead atoms. The molecule has 31 heavy (non-hydrogen) atoms. The lowest BCUT2D eigenvalue weighted by molar-refractivity contribution is 0.0691. The number of fused-ring (bicyclic) bond motifs is 1. The van der Waals surface area contributed by atoms with E-state index >= 15 is 0 Å². The number of carbonyl (C=O) groups is 1.